The fraction of sp³-hybridized carbons (Fsp3) is 0.0909. The second kappa shape index (κ2) is 4.32. The van der Waals surface area contributed by atoms with Gasteiger partial charge in [-0.15, -0.1) is 11.3 Å². The van der Waals surface area contributed by atoms with E-state index in [1.807, 2.05) is 18.4 Å². The zero-order valence-electron chi connectivity index (χ0n) is 8.60. The summed E-state index contributed by atoms with van der Waals surface area (Å²) in [7, 11) is 0. The van der Waals surface area contributed by atoms with Crippen molar-refractivity contribution in [2.24, 2.45) is 0 Å². The van der Waals surface area contributed by atoms with E-state index in [0.29, 0.717) is 5.69 Å². The highest BCUT2D eigenvalue weighted by Crippen LogP contribution is 2.23. The number of aromatic nitrogens is 1. The molecule has 0 aliphatic heterocycles. The minimum absolute atomic E-state index is 0.552. The number of aryl methyl sites for hydroxylation is 1. The van der Waals surface area contributed by atoms with Crippen LogP contribution in [-0.4, -0.2) is 16.2 Å². The fourth-order valence-corrected chi connectivity index (χ4v) is 2.00. The summed E-state index contributed by atoms with van der Waals surface area (Å²) in [6.45, 7) is 1.94. The molecular formula is C11H10N2O2S. The van der Waals surface area contributed by atoms with E-state index in [4.69, 9.17) is 5.11 Å². The second-order valence-corrected chi connectivity index (χ2v) is 4.32. The van der Waals surface area contributed by atoms with Gasteiger partial charge in [0, 0.05) is 16.6 Å². The first kappa shape index (κ1) is 10.6. The Labute approximate surface area is 96.6 Å². The normalized spacial score (nSPS) is 10.1. The van der Waals surface area contributed by atoms with E-state index in [-0.39, 0.29) is 0 Å². The number of hydrogen-bond acceptors (Lipinski definition) is 3. The van der Waals surface area contributed by atoms with E-state index in [0.717, 1.165) is 16.3 Å². The summed E-state index contributed by atoms with van der Waals surface area (Å²) in [5.41, 5.74) is 2.34. The van der Waals surface area contributed by atoms with Gasteiger partial charge in [0.2, 0.25) is 0 Å². The van der Waals surface area contributed by atoms with E-state index in [9.17, 15) is 4.79 Å². The average Bonchev–Trinajstić information content (AvgIpc) is 2.64. The van der Waals surface area contributed by atoms with Crippen molar-refractivity contribution < 1.29 is 9.90 Å². The molecule has 0 aliphatic carbocycles. The number of rotatable bonds is 2. The van der Waals surface area contributed by atoms with Crippen molar-refractivity contribution in [3.63, 3.8) is 0 Å². The molecule has 1 amide bonds. The number of amides is 1. The van der Waals surface area contributed by atoms with E-state index in [1.165, 1.54) is 0 Å². The van der Waals surface area contributed by atoms with Gasteiger partial charge in [-0.25, -0.2) is 9.78 Å². The predicted molar refractivity (Wildman–Crippen MR) is 63.9 cm³/mol. The van der Waals surface area contributed by atoms with Crippen molar-refractivity contribution in [3.8, 4) is 11.3 Å². The van der Waals surface area contributed by atoms with Crippen molar-refractivity contribution in [2.75, 3.05) is 5.32 Å². The summed E-state index contributed by atoms with van der Waals surface area (Å²) >= 11 is 1.57. The van der Waals surface area contributed by atoms with Crippen LogP contribution in [0.15, 0.2) is 29.6 Å². The number of carboxylic acid groups (broad SMARTS) is 1. The lowest BCUT2D eigenvalue weighted by Gasteiger charge is -2.02. The van der Waals surface area contributed by atoms with E-state index in [2.05, 4.69) is 10.3 Å². The van der Waals surface area contributed by atoms with Gasteiger partial charge in [-0.1, -0.05) is 12.1 Å². The SMILES string of the molecule is Cc1nc(-c2cccc(NC(=O)O)c2)cs1. The number of hydrogen-bond donors (Lipinski definition) is 2. The van der Waals surface area contributed by atoms with Crippen LogP contribution in [0, 0.1) is 6.92 Å². The molecule has 0 bridgehead atoms. The van der Waals surface area contributed by atoms with E-state index in [1.54, 1.807) is 29.5 Å². The maximum atomic E-state index is 10.5. The third kappa shape index (κ3) is 2.38. The number of nitrogens with one attached hydrogen (secondary N) is 1. The predicted octanol–water partition coefficient (Wildman–Crippen LogP) is 3.21. The molecule has 5 heteroatoms. The Kier molecular flexibility index (Phi) is 2.87. The first-order chi connectivity index (χ1) is 7.65. The molecule has 82 valence electrons. The van der Waals surface area contributed by atoms with Crippen LogP contribution >= 0.6 is 11.3 Å². The standard InChI is InChI=1S/C11H10N2O2S/c1-7-12-10(6-16-7)8-3-2-4-9(5-8)13-11(14)15/h2-6,13H,1H3,(H,14,15). The maximum Gasteiger partial charge on any atom is 0.409 e. The van der Waals surface area contributed by atoms with Gasteiger partial charge in [0.15, 0.2) is 0 Å². The third-order valence-corrected chi connectivity index (χ3v) is 2.80. The topological polar surface area (TPSA) is 62.2 Å². The molecule has 0 atom stereocenters. The van der Waals surface area contributed by atoms with Gasteiger partial charge in [0.1, 0.15) is 0 Å². The molecule has 2 aromatic rings. The second-order valence-electron chi connectivity index (χ2n) is 3.26. The summed E-state index contributed by atoms with van der Waals surface area (Å²) in [5.74, 6) is 0. The molecule has 0 fully saturated rings. The molecule has 0 saturated carbocycles. The largest absolute Gasteiger partial charge is 0.465 e. The van der Waals surface area contributed by atoms with Gasteiger partial charge in [-0.2, -0.15) is 0 Å². The molecule has 0 radical (unpaired) electrons. The van der Waals surface area contributed by atoms with Gasteiger partial charge in [-0.05, 0) is 19.1 Å². The van der Waals surface area contributed by atoms with E-state index < -0.39 is 6.09 Å². The highest BCUT2D eigenvalue weighted by molar-refractivity contribution is 7.09. The summed E-state index contributed by atoms with van der Waals surface area (Å²) in [6.07, 6.45) is -1.06. The molecule has 2 rings (SSSR count). The Morgan fingerprint density at radius 2 is 2.31 bits per heavy atom. The Hall–Kier alpha value is -1.88. The molecule has 0 spiro atoms. The minimum atomic E-state index is -1.06. The van der Waals surface area contributed by atoms with Crippen molar-refractivity contribution in [1.82, 2.24) is 4.98 Å². The van der Waals surface area contributed by atoms with E-state index >= 15 is 0 Å². The Balaban J connectivity index is 2.32. The van der Waals surface area contributed by atoms with Gasteiger partial charge in [-0.3, -0.25) is 5.32 Å². The van der Waals surface area contributed by atoms with Gasteiger partial charge in [0.05, 0.1) is 10.7 Å². The third-order valence-electron chi connectivity index (χ3n) is 2.03. The Morgan fingerprint density at radius 1 is 1.50 bits per heavy atom. The van der Waals surface area contributed by atoms with Crippen molar-refractivity contribution in [1.29, 1.82) is 0 Å². The molecule has 0 unspecified atom stereocenters. The highest BCUT2D eigenvalue weighted by atomic mass is 32.1. The molecule has 1 aromatic carbocycles. The number of anilines is 1. The molecule has 4 nitrogen and oxygen atoms in total. The van der Waals surface area contributed by atoms with Crippen LogP contribution in [0.1, 0.15) is 5.01 Å². The van der Waals surface area contributed by atoms with Crippen molar-refractivity contribution in [3.05, 3.63) is 34.7 Å². The molecular weight excluding hydrogens is 224 g/mol. The minimum Gasteiger partial charge on any atom is -0.465 e. The molecule has 1 aromatic heterocycles. The van der Waals surface area contributed by atoms with Crippen LogP contribution in [0.5, 0.6) is 0 Å². The number of nitrogens with zero attached hydrogens (tertiary/aromatic N) is 1. The number of benzene rings is 1. The molecule has 2 N–H and O–H groups in total. The monoisotopic (exact) mass is 234 g/mol. The first-order valence-corrected chi connectivity index (χ1v) is 5.55. The van der Waals surface area contributed by atoms with Gasteiger partial charge >= 0.3 is 6.09 Å². The molecule has 16 heavy (non-hydrogen) atoms. The molecule has 1 heterocycles. The quantitative estimate of drug-likeness (QED) is 0.838. The molecule has 0 aliphatic rings. The zero-order chi connectivity index (χ0) is 11.5. The Bertz CT molecular complexity index is 522. The lowest BCUT2D eigenvalue weighted by Crippen LogP contribution is -2.06. The summed E-state index contributed by atoms with van der Waals surface area (Å²) in [5, 5.41) is 13.9. The zero-order valence-corrected chi connectivity index (χ0v) is 9.41. The maximum absolute atomic E-state index is 10.5. The van der Waals surface area contributed by atoms with Crippen LogP contribution in [0.3, 0.4) is 0 Å². The van der Waals surface area contributed by atoms with Crippen molar-refractivity contribution in [2.45, 2.75) is 6.92 Å². The van der Waals surface area contributed by atoms with Gasteiger partial charge in [0.25, 0.3) is 0 Å². The van der Waals surface area contributed by atoms with Crippen LogP contribution in [0.25, 0.3) is 11.3 Å². The van der Waals surface area contributed by atoms with Crippen LogP contribution in [0.2, 0.25) is 0 Å². The first-order valence-electron chi connectivity index (χ1n) is 4.67. The number of thiazole rings is 1. The van der Waals surface area contributed by atoms with Gasteiger partial charge < -0.3 is 5.11 Å². The highest BCUT2D eigenvalue weighted by Gasteiger charge is 2.04. The lowest BCUT2D eigenvalue weighted by molar-refractivity contribution is 0.210. The fourth-order valence-electron chi connectivity index (χ4n) is 1.38. The summed E-state index contributed by atoms with van der Waals surface area (Å²) < 4.78 is 0. The molecule has 0 saturated heterocycles. The van der Waals surface area contributed by atoms with Crippen molar-refractivity contribution >= 4 is 23.1 Å². The lowest BCUT2D eigenvalue weighted by atomic mass is 10.1. The van der Waals surface area contributed by atoms with Crippen LogP contribution in [0.4, 0.5) is 10.5 Å². The van der Waals surface area contributed by atoms with Crippen LogP contribution < -0.4 is 5.32 Å². The summed E-state index contributed by atoms with van der Waals surface area (Å²) in [6, 6.07) is 7.18. The Morgan fingerprint density at radius 3 is 2.94 bits per heavy atom. The average molecular weight is 234 g/mol. The summed E-state index contributed by atoms with van der Waals surface area (Å²) in [4.78, 5) is 14.8. The smallest absolute Gasteiger partial charge is 0.409 e. The number of carbonyl (C=O) groups is 1. The van der Waals surface area contributed by atoms with Crippen LogP contribution in [-0.2, 0) is 0 Å².